The van der Waals surface area contributed by atoms with Gasteiger partial charge in [-0.2, -0.15) is 5.26 Å². The number of aryl methyl sites for hydroxylation is 2. The van der Waals surface area contributed by atoms with Crippen molar-refractivity contribution in [3.63, 3.8) is 0 Å². The normalized spacial score (nSPS) is 11.4. The standard InChI is InChI=1S/C21H23ClN2O3/c1-14-9-19(10-15(2)20(14)22)27-8-7-17(12-23)21(25)24-13-16-5-4-6-18(11-16)26-3/h4-6,9-11,17H,7-8,13H2,1-3H3,(H,24,25). The maximum absolute atomic E-state index is 12.3. The van der Waals surface area contributed by atoms with Crippen molar-refractivity contribution < 1.29 is 14.3 Å². The molecule has 0 spiro atoms. The number of ether oxygens (including phenoxy) is 2. The van der Waals surface area contributed by atoms with E-state index in [0.717, 1.165) is 22.4 Å². The number of halogens is 1. The van der Waals surface area contributed by atoms with Gasteiger partial charge in [-0.1, -0.05) is 23.7 Å². The lowest BCUT2D eigenvalue weighted by atomic mass is 10.1. The second kappa shape index (κ2) is 9.84. The van der Waals surface area contributed by atoms with Gasteiger partial charge >= 0.3 is 0 Å². The molecule has 0 fully saturated rings. The van der Waals surface area contributed by atoms with Gasteiger partial charge < -0.3 is 14.8 Å². The van der Waals surface area contributed by atoms with E-state index < -0.39 is 5.92 Å². The second-order valence-corrected chi connectivity index (χ2v) is 6.64. The molecule has 2 rings (SSSR count). The molecule has 0 aliphatic carbocycles. The third-order valence-corrected chi connectivity index (χ3v) is 4.75. The molecule has 0 radical (unpaired) electrons. The molecule has 0 saturated carbocycles. The molecule has 1 atom stereocenters. The molecule has 0 heterocycles. The van der Waals surface area contributed by atoms with Crippen molar-refractivity contribution in [1.82, 2.24) is 5.32 Å². The Morgan fingerprint density at radius 3 is 2.56 bits per heavy atom. The quantitative estimate of drug-likeness (QED) is 0.738. The van der Waals surface area contributed by atoms with Gasteiger partial charge in [0.15, 0.2) is 0 Å². The molecule has 0 aliphatic rings. The minimum atomic E-state index is -0.773. The van der Waals surface area contributed by atoms with Crippen LogP contribution in [0.2, 0.25) is 5.02 Å². The van der Waals surface area contributed by atoms with Gasteiger partial charge in [-0.15, -0.1) is 0 Å². The van der Waals surface area contributed by atoms with E-state index in [4.69, 9.17) is 21.1 Å². The number of amides is 1. The van der Waals surface area contributed by atoms with Crippen LogP contribution in [-0.2, 0) is 11.3 Å². The van der Waals surface area contributed by atoms with Crippen LogP contribution in [0.1, 0.15) is 23.1 Å². The van der Waals surface area contributed by atoms with Crippen molar-refractivity contribution in [3.8, 4) is 17.6 Å². The summed E-state index contributed by atoms with van der Waals surface area (Å²) in [6.07, 6.45) is 0.307. The minimum Gasteiger partial charge on any atom is -0.497 e. The molecule has 1 N–H and O–H groups in total. The van der Waals surface area contributed by atoms with E-state index in [1.807, 2.05) is 56.3 Å². The van der Waals surface area contributed by atoms with Crippen molar-refractivity contribution in [2.75, 3.05) is 13.7 Å². The number of rotatable bonds is 8. The summed E-state index contributed by atoms with van der Waals surface area (Å²) in [6, 6.07) is 13.2. The SMILES string of the molecule is COc1cccc(CNC(=O)C(C#N)CCOc2cc(C)c(Cl)c(C)c2)c1. The highest BCUT2D eigenvalue weighted by Gasteiger charge is 2.18. The van der Waals surface area contributed by atoms with Crippen molar-refractivity contribution in [1.29, 1.82) is 5.26 Å². The van der Waals surface area contributed by atoms with Crippen LogP contribution in [0.4, 0.5) is 0 Å². The fourth-order valence-corrected chi connectivity index (χ4v) is 2.74. The predicted molar refractivity (Wildman–Crippen MR) is 105 cm³/mol. The molecule has 0 bridgehead atoms. The Bertz CT molecular complexity index is 823. The number of nitriles is 1. The van der Waals surface area contributed by atoms with Crippen molar-refractivity contribution >= 4 is 17.5 Å². The first-order chi connectivity index (χ1) is 12.9. The van der Waals surface area contributed by atoms with E-state index in [9.17, 15) is 10.1 Å². The highest BCUT2D eigenvalue weighted by Crippen LogP contribution is 2.26. The van der Waals surface area contributed by atoms with Gasteiger partial charge in [-0.05, 0) is 54.8 Å². The zero-order chi connectivity index (χ0) is 19.8. The van der Waals surface area contributed by atoms with Crippen LogP contribution >= 0.6 is 11.6 Å². The van der Waals surface area contributed by atoms with Gasteiger partial charge in [-0.3, -0.25) is 4.79 Å². The molecule has 6 heteroatoms. The van der Waals surface area contributed by atoms with Crippen LogP contribution in [0.5, 0.6) is 11.5 Å². The summed E-state index contributed by atoms with van der Waals surface area (Å²) in [7, 11) is 1.59. The van der Waals surface area contributed by atoms with Crippen LogP contribution in [0.15, 0.2) is 36.4 Å². The van der Waals surface area contributed by atoms with Gasteiger partial charge in [0, 0.05) is 18.0 Å². The largest absolute Gasteiger partial charge is 0.497 e. The van der Waals surface area contributed by atoms with Gasteiger partial charge in [-0.25, -0.2) is 0 Å². The van der Waals surface area contributed by atoms with Crippen LogP contribution < -0.4 is 14.8 Å². The lowest BCUT2D eigenvalue weighted by Gasteiger charge is -2.13. The van der Waals surface area contributed by atoms with Crippen LogP contribution in [0.3, 0.4) is 0 Å². The lowest BCUT2D eigenvalue weighted by molar-refractivity contribution is -0.123. The molecular formula is C21H23ClN2O3. The van der Waals surface area contributed by atoms with Gasteiger partial charge in [0.2, 0.25) is 5.91 Å². The maximum Gasteiger partial charge on any atom is 0.237 e. The van der Waals surface area contributed by atoms with E-state index in [1.165, 1.54) is 0 Å². The Hall–Kier alpha value is -2.71. The zero-order valence-electron chi connectivity index (χ0n) is 15.7. The first kappa shape index (κ1) is 20.6. The zero-order valence-corrected chi connectivity index (χ0v) is 16.5. The lowest BCUT2D eigenvalue weighted by Crippen LogP contribution is -2.30. The molecule has 2 aromatic carbocycles. The van der Waals surface area contributed by atoms with E-state index in [-0.39, 0.29) is 12.5 Å². The van der Waals surface area contributed by atoms with Crippen molar-refractivity contribution in [3.05, 3.63) is 58.1 Å². The average Bonchev–Trinajstić information content (AvgIpc) is 2.67. The minimum absolute atomic E-state index is 0.269. The van der Waals surface area contributed by atoms with E-state index >= 15 is 0 Å². The second-order valence-electron chi connectivity index (χ2n) is 6.26. The first-order valence-electron chi connectivity index (χ1n) is 8.64. The Balaban J connectivity index is 1.85. The van der Waals surface area contributed by atoms with Crippen LogP contribution in [0, 0.1) is 31.1 Å². The summed E-state index contributed by atoms with van der Waals surface area (Å²) < 4.78 is 10.9. The third kappa shape index (κ3) is 5.90. The van der Waals surface area contributed by atoms with Crippen molar-refractivity contribution in [2.45, 2.75) is 26.8 Å². The average molecular weight is 387 g/mol. The summed E-state index contributed by atoms with van der Waals surface area (Å²) in [4.78, 5) is 12.3. The first-order valence-corrected chi connectivity index (χ1v) is 9.02. The summed E-state index contributed by atoms with van der Waals surface area (Å²) in [5, 5.41) is 12.8. The molecule has 0 aromatic heterocycles. The molecule has 0 saturated heterocycles. The topological polar surface area (TPSA) is 71.3 Å². The number of hydrogen-bond donors (Lipinski definition) is 1. The smallest absolute Gasteiger partial charge is 0.237 e. The molecule has 27 heavy (non-hydrogen) atoms. The Morgan fingerprint density at radius 1 is 1.22 bits per heavy atom. The van der Waals surface area contributed by atoms with Crippen LogP contribution in [0.25, 0.3) is 0 Å². The number of methoxy groups -OCH3 is 1. The number of nitrogens with one attached hydrogen (secondary N) is 1. The number of carbonyl (C=O) groups excluding carboxylic acids is 1. The van der Waals surface area contributed by atoms with Gasteiger partial charge in [0.05, 0.1) is 19.8 Å². The van der Waals surface area contributed by atoms with Gasteiger partial charge in [0.1, 0.15) is 17.4 Å². The molecular weight excluding hydrogens is 364 g/mol. The summed E-state index contributed by atoms with van der Waals surface area (Å²) in [6.45, 7) is 4.43. The highest BCUT2D eigenvalue weighted by molar-refractivity contribution is 6.32. The fraction of sp³-hybridized carbons (Fsp3) is 0.333. The number of hydrogen-bond acceptors (Lipinski definition) is 4. The fourth-order valence-electron chi connectivity index (χ4n) is 2.63. The Morgan fingerprint density at radius 2 is 1.93 bits per heavy atom. The summed E-state index contributed by atoms with van der Waals surface area (Å²) in [5.74, 6) is 0.320. The van der Waals surface area contributed by atoms with Gasteiger partial charge in [0.25, 0.3) is 0 Å². The van der Waals surface area contributed by atoms with Crippen LogP contribution in [-0.4, -0.2) is 19.6 Å². The molecule has 5 nitrogen and oxygen atoms in total. The number of benzene rings is 2. The molecule has 1 amide bonds. The van der Waals surface area contributed by atoms with E-state index in [1.54, 1.807) is 7.11 Å². The summed E-state index contributed by atoms with van der Waals surface area (Å²) >= 11 is 6.14. The highest BCUT2D eigenvalue weighted by atomic mass is 35.5. The number of nitrogens with zero attached hydrogens (tertiary/aromatic N) is 1. The third-order valence-electron chi connectivity index (χ3n) is 4.16. The number of carbonyl (C=O) groups is 1. The molecule has 2 aromatic rings. The molecule has 142 valence electrons. The Labute approximate surface area is 164 Å². The maximum atomic E-state index is 12.3. The van der Waals surface area contributed by atoms with E-state index in [2.05, 4.69) is 5.32 Å². The summed E-state index contributed by atoms with van der Waals surface area (Å²) in [5.41, 5.74) is 2.77. The van der Waals surface area contributed by atoms with Crippen molar-refractivity contribution in [2.24, 2.45) is 5.92 Å². The monoisotopic (exact) mass is 386 g/mol. The molecule has 0 aliphatic heterocycles. The Kier molecular flexibility index (Phi) is 7.51. The van der Waals surface area contributed by atoms with E-state index in [0.29, 0.717) is 23.7 Å². The molecule has 1 unspecified atom stereocenters. The predicted octanol–water partition coefficient (Wildman–Crippen LogP) is 4.19.